The maximum absolute atomic E-state index is 13.3. The van der Waals surface area contributed by atoms with Crippen LogP contribution in [0.15, 0.2) is 58.5 Å². The zero-order valence-corrected chi connectivity index (χ0v) is 17.4. The Balaban J connectivity index is 1.44. The van der Waals surface area contributed by atoms with Crippen LogP contribution in [0.1, 0.15) is 19.3 Å². The summed E-state index contributed by atoms with van der Waals surface area (Å²) in [4.78, 5) is 29.0. The van der Waals surface area contributed by atoms with E-state index in [1.807, 2.05) is 0 Å². The van der Waals surface area contributed by atoms with Crippen molar-refractivity contribution in [2.75, 3.05) is 18.4 Å². The molecule has 31 heavy (non-hydrogen) atoms. The fraction of sp³-hybridized carbons (Fsp3) is 0.286. The van der Waals surface area contributed by atoms with Crippen LogP contribution < -0.4 is 10.9 Å². The van der Waals surface area contributed by atoms with Crippen molar-refractivity contribution in [3.8, 4) is 0 Å². The van der Waals surface area contributed by atoms with Crippen molar-refractivity contribution in [2.45, 2.75) is 30.7 Å². The van der Waals surface area contributed by atoms with Gasteiger partial charge in [-0.1, -0.05) is 6.07 Å². The van der Waals surface area contributed by atoms with Crippen LogP contribution in [-0.4, -0.2) is 41.3 Å². The standard InChI is InChI=1S/C21H21FN4O4S/c22-15-6-7-18-19(12-15)23-14-25(21(18)28)11-8-20(27)24-16-4-3-5-17(13-16)31(29,30)26-9-1-2-10-26/h3-7,12-14H,1-2,8-11H2,(H,24,27). The highest BCUT2D eigenvalue weighted by molar-refractivity contribution is 7.89. The number of halogens is 1. The number of hydrogen-bond acceptors (Lipinski definition) is 5. The molecule has 1 fully saturated rings. The highest BCUT2D eigenvalue weighted by Gasteiger charge is 2.27. The summed E-state index contributed by atoms with van der Waals surface area (Å²) >= 11 is 0. The van der Waals surface area contributed by atoms with E-state index in [0.29, 0.717) is 18.8 Å². The van der Waals surface area contributed by atoms with E-state index in [4.69, 9.17) is 0 Å². The maximum atomic E-state index is 13.3. The smallest absolute Gasteiger partial charge is 0.261 e. The van der Waals surface area contributed by atoms with E-state index in [-0.39, 0.29) is 40.2 Å². The van der Waals surface area contributed by atoms with Crippen LogP contribution in [0.4, 0.5) is 10.1 Å². The number of amides is 1. The quantitative estimate of drug-likeness (QED) is 0.629. The van der Waals surface area contributed by atoms with E-state index in [1.165, 1.54) is 45.5 Å². The molecule has 10 heteroatoms. The van der Waals surface area contributed by atoms with Gasteiger partial charge in [0.1, 0.15) is 5.82 Å². The Morgan fingerprint density at radius 3 is 2.68 bits per heavy atom. The Hall–Kier alpha value is -3.11. The number of nitrogens with zero attached hydrogens (tertiary/aromatic N) is 3. The second-order valence-corrected chi connectivity index (χ2v) is 9.28. The Labute approximate surface area is 178 Å². The number of sulfonamides is 1. The van der Waals surface area contributed by atoms with E-state index >= 15 is 0 Å². The molecule has 3 aromatic rings. The van der Waals surface area contributed by atoms with Gasteiger partial charge < -0.3 is 5.32 Å². The molecule has 0 atom stereocenters. The van der Waals surface area contributed by atoms with Gasteiger partial charge in [-0.05, 0) is 43.2 Å². The van der Waals surface area contributed by atoms with Crippen LogP contribution in [0.2, 0.25) is 0 Å². The van der Waals surface area contributed by atoms with Crippen LogP contribution in [0.3, 0.4) is 0 Å². The van der Waals surface area contributed by atoms with E-state index in [2.05, 4.69) is 10.3 Å². The van der Waals surface area contributed by atoms with Crippen LogP contribution in [0.25, 0.3) is 10.9 Å². The topological polar surface area (TPSA) is 101 Å². The number of carbonyl (C=O) groups excluding carboxylic acids is 1. The summed E-state index contributed by atoms with van der Waals surface area (Å²) in [6, 6.07) is 9.86. The second-order valence-electron chi connectivity index (χ2n) is 7.34. The third-order valence-electron chi connectivity index (χ3n) is 5.19. The lowest BCUT2D eigenvalue weighted by molar-refractivity contribution is -0.116. The van der Waals surface area contributed by atoms with Crippen molar-refractivity contribution in [3.63, 3.8) is 0 Å². The van der Waals surface area contributed by atoms with Crippen molar-refractivity contribution in [1.29, 1.82) is 0 Å². The number of benzene rings is 2. The first-order valence-electron chi connectivity index (χ1n) is 9.89. The Kier molecular flexibility index (Phi) is 5.84. The molecule has 0 saturated carbocycles. The zero-order valence-electron chi connectivity index (χ0n) is 16.6. The first-order valence-corrected chi connectivity index (χ1v) is 11.3. The molecule has 0 bridgehead atoms. The molecule has 2 heterocycles. The highest BCUT2D eigenvalue weighted by Crippen LogP contribution is 2.23. The predicted octanol–water partition coefficient (Wildman–Crippen LogP) is 2.35. The molecule has 0 aliphatic carbocycles. The van der Waals surface area contributed by atoms with E-state index in [1.54, 1.807) is 12.1 Å². The molecule has 0 unspecified atom stereocenters. The number of anilines is 1. The average Bonchev–Trinajstić information content (AvgIpc) is 3.29. The number of rotatable bonds is 6. The molecule has 1 aliphatic rings. The minimum atomic E-state index is -3.58. The van der Waals surface area contributed by atoms with Crippen molar-refractivity contribution < 1.29 is 17.6 Å². The number of fused-ring (bicyclic) bond motifs is 1. The van der Waals surface area contributed by atoms with Gasteiger partial charge in [0.2, 0.25) is 15.9 Å². The van der Waals surface area contributed by atoms with Gasteiger partial charge in [-0.15, -0.1) is 0 Å². The molecule has 1 amide bonds. The van der Waals surface area contributed by atoms with Gasteiger partial charge in [0, 0.05) is 37.8 Å². The minimum Gasteiger partial charge on any atom is -0.326 e. The molecular weight excluding hydrogens is 423 g/mol. The molecule has 1 aliphatic heterocycles. The lowest BCUT2D eigenvalue weighted by Crippen LogP contribution is -2.28. The van der Waals surface area contributed by atoms with Crippen LogP contribution in [0, 0.1) is 5.82 Å². The van der Waals surface area contributed by atoms with Crippen molar-refractivity contribution in [1.82, 2.24) is 13.9 Å². The summed E-state index contributed by atoms with van der Waals surface area (Å²) in [7, 11) is -3.58. The van der Waals surface area contributed by atoms with E-state index in [9.17, 15) is 22.4 Å². The summed E-state index contributed by atoms with van der Waals surface area (Å²) in [6.07, 6.45) is 2.94. The SMILES string of the molecule is O=C(CCn1cnc2cc(F)ccc2c1=O)Nc1cccc(S(=O)(=O)N2CCCC2)c1. The van der Waals surface area contributed by atoms with Gasteiger partial charge in [-0.3, -0.25) is 14.2 Å². The third kappa shape index (κ3) is 4.49. The zero-order chi connectivity index (χ0) is 22.0. The summed E-state index contributed by atoms with van der Waals surface area (Å²) in [6.45, 7) is 1.08. The summed E-state index contributed by atoms with van der Waals surface area (Å²) < 4.78 is 41.4. The molecule has 1 N–H and O–H groups in total. The largest absolute Gasteiger partial charge is 0.326 e. The van der Waals surface area contributed by atoms with Gasteiger partial charge in [0.15, 0.2) is 0 Å². The predicted molar refractivity (Wildman–Crippen MR) is 114 cm³/mol. The number of nitrogens with one attached hydrogen (secondary N) is 1. The average molecular weight is 444 g/mol. The number of aromatic nitrogens is 2. The number of hydrogen-bond donors (Lipinski definition) is 1. The van der Waals surface area contributed by atoms with Crippen molar-refractivity contribution in [2.24, 2.45) is 0 Å². The van der Waals surface area contributed by atoms with Crippen molar-refractivity contribution in [3.05, 3.63) is 65.0 Å². The molecule has 0 radical (unpaired) electrons. The normalized spacial score (nSPS) is 14.7. The summed E-state index contributed by atoms with van der Waals surface area (Å²) in [5, 5.41) is 2.94. The van der Waals surface area contributed by atoms with Gasteiger partial charge in [0.25, 0.3) is 5.56 Å². The molecule has 1 aromatic heterocycles. The van der Waals surface area contributed by atoms with Crippen LogP contribution in [0.5, 0.6) is 0 Å². The van der Waals surface area contributed by atoms with Gasteiger partial charge in [-0.2, -0.15) is 4.31 Å². The maximum Gasteiger partial charge on any atom is 0.261 e. The molecule has 2 aromatic carbocycles. The van der Waals surface area contributed by atoms with E-state index in [0.717, 1.165) is 12.8 Å². The third-order valence-corrected chi connectivity index (χ3v) is 7.08. The fourth-order valence-corrected chi connectivity index (χ4v) is 5.11. The molecule has 8 nitrogen and oxygen atoms in total. The lowest BCUT2D eigenvalue weighted by atomic mass is 10.2. The minimum absolute atomic E-state index is 0.0165. The van der Waals surface area contributed by atoms with Crippen molar-refractivity contribution >= 4 is 32.5 Å². The lowest BCUT2D eigenvalue weighted by Gasteiger charge is -2.16. The van der Waals surface area contributed by atoms with Gasteiger partial charge >= 0.3 is 0 Å². The highest BCUT2D eigenvalue weighted by atomic mass is 32.2. The Bertz CT molecular complexity index is 1300. The summed E-state index contributed by atoms with van der Waals surface area (Å²) in [5.74, 6) is -0.854. The molecular formula is C21H21FN4O4S. The monoisotopic (exact) mass is 444 g/mol. The second kappa shape index (κ2) is 8.56. The van der Waals surface area contributed by atoms with Gasteiger partial charge in [-0.25, -0.2) is 17.8 Å². The Morgan fingerprint density at radius 2 is 1.90 bits per heavy atom. The van der Waals surface area contributed by atoms with Gasteiger partial charge in [0.05, 0.1) is 22.1 Å². The number of aryl methyl sites for hydroxylation is 1. The van der Waals surface area contributed by atoms with E-state index < -0.39 is 15.8 Å². The first kappa shape index (κ1) is 21.1. The summed E-state index contributed by atoms with van der Waals surface area (Å²) in [5.41, 5.74) is 0.253. The molecule has 162 valence electrons. The van der Waals surface area contributed by atoms with Crippen LogP contribution >= 0.6 is 0 Å². The molecule has 0 spiro atoms. The fourth-order valence-electron chi connectivity index (χ4n) is 3.55. The molecule has 1 saturated heterocycles. The first-order chi connectivity index (χ1) is 14.8. The molecule has 4 rings (SSSR count). The Morgan fingerprint density at radius 1 is 1.13 bits per heavy atom. The number of carbonyl (C=O) groups is 1. The van der Waals surface area contributed by atoms with Crippen LogP contribution in [-0.2, 0) is 21.4 Å².